The molecule has 0 bridgehead atoms. The highest BCUT2D eigenvalue weighted by molar-refractivity contribution is 7.10. The lowest BCUT2D eigenvalue weighted by atomic mass is 10.1. The minimum absolute atomic E-state index is 0.156. The van der Waals surface area contributed by atoms with Crippen LogP contribution in [0.3, 0.4) is 0 Å². The molecule has 0 aliphatic heterocycles. The Morgan fingerprint density at radius 1 is 1.23 bits per heavy atom. The fourth-order valence-electron chi connectivity index (χ4n) is 2.42. The lowest BCUT2D eigenvalue weighted by molar-refractivity contribution is 0.626. The van der Waals surface area contributed by atoms with Gasteiger partial charge in [-0.15, -0.1) is 11.3 Å². The number of aryl methyl sites for hydroxylation is 1. The van der Waals surface area contributed by atoms with Crippen LogP contribution in [0.25, 0.3) is 5.69 Å². The van der Waals surface area contributed by atoms with Crippen molar-refractivity contribution in [2.45, 2.75) is 32.6 Å². The molecule has 1 aromatic carbocycles. The zero-order valence-electron chi connectivity index (χ0n) is 12.7. The Morgan fingerprint density at radius 2 is 2.00 bits per heavy atom. The number of aromatic nitrogens is 3. The molecule has 2 aromatic heterocycles. The van der Waals surface area contributed by atoms with Crippen molar-refractivity contribution in [1.82, 2.24) is 14.8 Å². The Kier molecular flexibility index (Phi) is 4.34. The number of halogens is 1. The third-order valence-electron chi connectivity index (χ3n) is 3.58. The van der Waals surface area contributed by atoms with Crippen molar-refractivity contribution < 1.29 is 4.39 Å². The zero-order valence-corrected chi connectivity index (χ0v) is 13.5. The van der Waals surface area contributed by atoms with E-state index in [0.717, 1.165) is 30.2 Å². The molecule has 5 heteroatoms. The number of thiophene rings is 1. The van der Waals surface area contributed by atoms with Crippen LogP contribution in [0.1, 0.15) is 42.7 Å². The maximum absolute atomic E-state index is 13.2. The normalized spacial score (nSPS) is 12.5. The van der Waals surface area contributed by atoms with E-state index < -0.39 is 0 Å². The topological polar surface area (TPSA) is 30.7 Å². The molecule has 3 rings (SSSR count). The van der Waals surface area contributed by atoms with Crippen molar-refractivity contribution in [2.24, 2.45) is 0 Å². The van der Waals surface area contributed by atoms with Crippen molar-refractivity contribution in [3.8, 4) is 5.69 Å². The number of benzene rings is 1. The minimum atomic E-state index is -0.245. The summed E-state index contributed by atoms with van der Waals surface area (Å²) in [5, 5.41) is 6.69. The Balaban J connectivity index is 2.05. The van der Waals surface area contributed by atoms with Crippen molar-refractivity contribution in [2.75, 3.05) is 0 Å². The molecule has 0 fully saturated rings. The molecule has 2 heterocycles. The summed E-state index contributed by atoms with van der Waals surface area (Å²) in [7, 11) is 0. The van der Waals surface area contributed by atoms with E-state index in [-0.39, 0.29) is 11.7 Å². The van der Waals surface area contributed by atoms with Crippen molar-refractivity contribution in [3.63, 3.8) is 0 Å². The summed E-state index contributed by atoms with van der Waals surface area (Å²) in [5.41, 5.74) is 0.842. The van der Waals surface area contributed by atoms with Gasteiger partial charge < -0.3 is 0 Å². The molecule has 3 aromatic rings. The standard InChI is InChI=1S/C17H18FN3S/c1-3-5-16-19-17(12(2)15-6-4-11-22-15)21(20-16)14-9-7-13(18)8-10-14/h4,6-12H,3,5H2,1-2H3. The van der Waals surface area contributed by atoms with Gasteiger partial charge in [0.1, 0.15) is 11.6 Å². The van der Waals surface area contributed by atoms with Gasteiger partial charge in [-0.3, -0.25) is 0 Å². The molecule has 1 atom stereocenters. The van der Waals surface area contributed by atoms with Crippen LogP contribution in [0.5, 0.6) is 0 Å². The second kappa shape index (κ2) is 6.40. The maximum Gasteiger partial charge on any atom is 0.151 e. The van der Waals surface area contributed by atoms with E-state index in [0.29, 0.717) is 0 Å². The Bertz CT molecular complexity index is 732. The second-order valence-corrected chi connectivity index (χ2v) is 6.24. The minimum Gasteiger partial charge on any atom is -0.217 e. The fourth-order valence-corrected chi connectivity index (χ4v) is 3.20. The van der Waals surface area contributed by atoms with Gasteiger partial charge in [-0.2, -0.15) is 5.10 Å². The molecule has 114 valence electrons. The maximum atomic E-state index is 13.2. The SMILES string of the molecule is CCCc1nc(C(C)c2cccs2)n(-c2ccc(F)cc2)n1. The molecule has 0 saturated carbocycles. The number of nitrogens with zero attached hydrogens (tertiary/aromatic N) is 3. The van der Waals surface area contributed by atoms with E-state index in [1.54, 1.807) is 23.5 Å². The fraction of sp³-hybridized carbons (Fsp3) is 0.294. The van der Waals surface area contributed by atoms with E-state index in [1.165, 1.54) is 17.0 Å². The van der Waals surface area contributed by atoms with Gasteiger partial charge in [0, 0.05) is 11.3 Å². The predicted octanol–water partition coefficient (Wildman–Crippen LogP) is 4.57. The second-order valence-electron chi connectivity index (χ2n) is 5.26. The van der Waals surface area contributed by atoms with Crippen LogP contribution in [-0.2, 0) is 6.42 Å². The molecular formula is C17H18FN3S. The Labute approximate surface area is 133 Å². The Morgan fingerprint density at radius 3 is 2.64 bits per heavy atom. The summed E-state index contributed by atoms with van der Waals surface area (Å²) in [5.74, 6) is 1.65. The third kappa shape index (κ3) is 2.95. The monoisotopic (exact) mass is 315 g/mol. The van der Waals surface area contributed by atoms with E-state index in [1.807, 2.05) is 10.7 Å². The highest BCUT2D eigenvalue weighted by atomic mass is 32.1. The lowest BCUT2D eigenvalue weighted by Gasteiger charge is -2.11. The van der Waals surface area contributed by atoms with Crippen molar-refractivity contribution in [3.05, 3.63) is 64.1 Å². The largest absolute Gasteiger partial charge is 0.217 e. The molecule has 0 spiro atoms. The van der Waals surface area contributed by atoms with Crippen LogP contribution in [0.4, 0.5) is 4.39 Å². The first-order valence-corrected chi connectivity index (χ1v) is 8.32. The van der Waals surface area contributed by atoms with E-state index in [2.05, 4.69) is 30.4 Å². The number of rotatable bonds is 5. The first-order valence-electron chi connectivity index (χ1n) is 7.44. The molecule has 0 radical (unpaired) electrons. The van der Waals surface area contributed by atoms with Gasteiger partial charge in [0.25, 0.3) is 0 Å². The van der Waals surface area contributed by atoms with Gasteiger partial charge in [-0.05, 0) is 42.1 Å². The van der Waals surface area contributed by atoms with Crippen molar-refractivity contribution >= 4 is 11.3 Å². The van der Waals surface area contributed by atoms with E-state index in [9.17, 15) is 4.39 Å². The summed E-state index contributed by atoms with van der Waals surface area (Å²) in [6.45, 7) is 4.24. The van der Waals surface area contributed by atoms with Crippen LogP contribution in [-0.4, -0.2) is 14.8 Å². The first kappa shape index (κ1) is 14.9. The van der Waals surface area contributed by atoms with Gasteiger partial charge in [0.2, 0.25) is 0 Å². The average Bonchev–Trinajstić information content (AvgIpc) is 3.17. The molecule has 0 aliphatic rings. The van der Waals surface area contributed by atoms with Crippen LogP contribution in [0.2, 0.25) is 0 Å². The molecular weight excluding hydrogens is 297 g/mol. The highest BCUT2D eigenvalue weighted by Gasteiger charge is 2.19. The summed E-state index contributed by atoms with van der Waals surface area (Å²) in [6, 6.07) is 10.5. The smallest absolute Gasteiger partial charge is 0.151 e. The number of hydrogen-bond donors (Lipinski definition) is 0. The Hall–Kier alpha value is -2.01. The molecule has 22 heavy (non-hydrogen) atoms. The van der Waals surface area contributed by atoms with Crippen LogP contribution < -0.4 is 0 Å². The van der Waals surface area contributed by atoms with Gasteiger partial charge in [0.05, 0.1) is 11.6 Å². The third-order valence-corrected chi connectivity index (χ3v) is 4.63. The van der Waals surface area contributed by atoms with Gasteiger partial charge in [0.15, 0.2) is 5.82 Å². The summed E-state index contributed by atoms with van der Waals surface area (Å²) < 4.78 is 15.0. The van der Waals surface area contributed by atoms with Crippen molar-refractivity contribution in [1.29, 1.82) is 0 Å². The van der Waals surface area contributed by atoms with E-state index >= 15 is 0 Å². The molecule has 0 saturated heterocycles. The number of hydrogen-bond acceptors (Lipinski definition) is 3. The molecule has 1 unspecified atom stereocenters. The average molecular weight is 315 g/mol. The van der Waals surface area contributed by atoms with Crippen LogP contribution in [0, 0.1) is 5.82 Å². The zero-order chi connectivity index (χ0) is 15.5. The van der Waals surface area contributed by atoms with Crippen LogP contribution >= 0.6 is 11.3 Å². The summed E-state index contributed by atoms with van der Waals surface area (Å²) in [6.07, 6.45) is 1.85. The molecule has 0 aliphatic carbocycles. The quantitative estimate of drug-likeness (QED) is 0.690. The lowest BCUT2D eigenvalue weighted by Crippen LogP contribution is -2.07. The van der Waals surface area contributed by atoms with Gasteiger partial charge in [-0.1, -0.05) is 19.9 Å². The molecule has 0 N–H and O–H groups in total. The van der Waals surface area contributed by atoms with E-state index in [4.69, 9.17) is 4.98 Å². The van der Waals surface area contributed by atoms with Crippen LogP contribution in [0.15, 0.2) is 41.8 Å². The first-order chi connectivity index (χ1) is 10.7. The molecule has 0 amide bonds. The summed E-state index contributed by atoms with van der Waals surface area (Å²) >= 11 is 1.71. The van der Waals surface area contributed by atoms with Gasteiger partial charge >= 0.3 is 0 Å². The molecule has 3 nitrogen and oxygen atoms in total. The summed E-state index contributed by atoms with van der Waals surface area (Å²) in [4.78, 5) is 5.97. The van der Waals surface area contributed by atoms with Gasteiger partial charge in [-0.25, -0.2) is 14.1 Å². The highest BCUT2D eigenvalue weighted by Crippen LogP contribution is 2.28. The predicted molar refractivity (Wildman–Crippen MR) is 87.1 cm³/mol.